The SMILES string of the molecule is CCOC(=O)C1=C(C=O)C(=C2CCC(=O)C(c3ccc4c(c3)=CCN=4)C2)c2c(OCCCO)c3c(c(CO)c2O1)OC(C(C)(C)O)C3. The van der Waals surface area contributed by atoms with Crippen LogP contribution in [0.5, 0.6) is 17.2 Å². The van der Waals surface area contributed by atoms with Crippen molar-refractivity contribution in [1.29, 1.82) is 0 Å². The van der Waals surface area contributed by atoms with E-state index in [9.17, 15) is 29.7 Å². The van der Waals surface area contributed by atoms with Crippen LogP contribution in [-0.4, -0.2) is 71.4 Å². The zero-order valence-electron chi connectivity index (χ0n) is 26.8. The van der Waals surface area contributed by atoms with Gasteiger partial charge in [0.05, 0.1) is 54.0 Å². The normalized spacial score (nSPS) is 21.5. The number of benzene rings is 2. The molecule has 6 rings (SSSR count). The van der Waals surface area contributed by atoms with Crippen molar-refractivity contribution in [2.24, 2.45) is 4.99 Å². The van der Waals surface area contributed by atoms with Crippen molar-refractivity contribution in [3.05, 3.63) is 67.9 Å². The van der Waals surface area contributed by atoms with Crippen LogP contribution in [0.25, 0.3) is 11.6 Å². The number of carbonyl (C=O) groups excluding carboxylic acids is 3. The molecule has 1 fully saturated rings. The van der Waals surface area contributed by atoms with Crippen molar-refractivity contribution in [1.82, 2.24) is 0 Å². The number of ketones is 1. The summed E-state index contributed by atoms with van der Waals surface area (Å²) in [5.74, 6) is -1.02. The third kappa shape index (κ3) is 5.88. The first-order valence-corrected chi connectivity index (χ1v) is 16.0. The summed E-state index contributed by atoms with van der Waals surface area (Å²) in [4.78, 5) is 44.2. The molecule has 1 aliphatic carbocycles. The fourth-order valence-electron chi connectivity index (χ4n) is 6.78. The van der Waals surface area contributed by atoms with Gasteiger partial charge in [0.15, 0.2) is 6.29 Å². The second kappa shape index (κ2) is 13.1. The van der Waals surface area contributed by atoms with Gasteiger partial charge in [-0.05, 0) is 56.5 Å². The molecule has 3 aliphatic heterocycles. The van der Waals surface area contributed by atoms with Gasteiger partial charge in [0.2, 0.25) is 5.76 Å². The van der Waals surface area contributed by atoms with Crippen molar-refractivity contribution in [2.45, 2.75) is 77.1 Å². The van der Waals surface area contributed by atoms with Crippen LogP contribution in [0.2, 0.25) is 0 Å². The van der Waals surface area contributed by atoms with Gasteiger partial charge in [0.1, 0.15) is 29.1 Å². The fraction of sp³-hybridized carbons (Fsp3) is 0.444. The highest BCUT2D eigenvalue weighted by molar-refractivity contribution is 6.11. The van der Waals surface area contributed by atoms with Crippen molar-refractivity contribution < 1.29 is 48.7 Å². The van der Waals surface area contributed by atoms with Gasteiger partial charge in [-0.3, -0.25) is 14.6 Å². The Morgan fingerprint density at radius 1 is 1.17 bits per heavy atom. The molecule has 1 saturated carbocycles. The standard InChI is InChI=1S/C36H39NO10/c1-4-44-35(42)34-24(17-39)29(21-7-9-27(41)22(15-21)19-6-8-26-20(14-19)10-11-37-26)30-32(45-13-5-12-38)23-16-28(36(2,3)43)46-31(23)25(18-40)33(30)47-34/h6,8,10,14,17,22,28,38,40,43H,4-5,7,9,11-13,15-16,18H2,1-3H3. The van der Waals surface area contributed by atoms with Crippen LogP contribution >= 0.6 is 0 Å². The number of aliphatic hydroxyl groups is 3. The molecule has 4 aliphatic rings. The molecular weight excluding hydrogens is 606 g/mol. The zero-order chi connectivity index (χ0) is 33.5. The molecule has 3 N–H and O–H groups in total. The van der Waals surface area contributed by atoms with Crippen molar-refractivity contribution in [2.75, 3.05) is 26.4 Å². The van der Waals surface area contributed by atoms with Crippen LogP contribution in [0.4, 0.5) is 0 Å². The monoisotopic (exact) mass is 645 g/mol. The first-order valence-electron chi connectivity index (χ1n) is 16.0. The summed E-state index contributed by atoms with van der Waals surface area (Å²) in [6.07, 6.45) is 3.16. The largest absolute Gasteiger partial charge is 0.492 e. The molecule has 3 heterocycles. The number of nitrogens with zero attached hydrogens (tertiary/aromatic N) is 1. The smallest absolute Gasteiger partial charge is 0.375 e. The molecule has 0 amide bonds. The van der Waals surface area contributed by atoms with Gasteiger partial charge in [-0.25, -0.2) is 4.79 Å². The van der Waals surface area contributed by atoms with Gasteiger partial charge in [0, 0.05) is 42.9 Å². The summed E-state index contributed by atoms with van der Waals surface area (Å²) in [7, 11) is 0. The molecule has 0 radical (unpaired) electrons. The highest BCUT2D eigenvalue weighted by atomic mass is 16.6. The van der Waals surface area contributed by atoms with Gasteiger partial charge < -0.3 is 34.3 Å². The highest BCUT2D eigenvalue weighted by Crippen LogP contribution is 2.56. The van der Waals surface area contributed by atoms with Crippen molar-refractivity contribution in [3.8, 4) is 17.2 Å². The molecule has 47 heavy (non-hydrogen) atoms. The fourth-order valence-corrected chi connectivity index (χ4v) is 6.78. The maximum atomic E-state index is 13.4. The van der Waals surface area contributed by atoms with Gasteiger partial charge in [-0.2, -0.15) is 0 Å². The number of hydrogen-bond acceptors (Lipinski definition) is 11. The number of rotatable bonds is 10. The van der Waals surface area contributed by atoms with E-state index in [-0.39, 0.29) is 73.3 Å². The Hall–Kier alpha value is -4.32. The van der Waals surface area contributed by atoms with Crippen LogP contribution in [0.15, 0.2) is 40.1 Å². The van der Waals surface area contributed by atoms with Crippen LogP contribution in [-0.2, 0) is 32.1 Å². The third-order valence-electron chi connectivity index (χ3n) is 9.13. The zero-order valence-corrected chi connectivity index (χ0v) is 26.8. The van der Waals surface area contributed by atoms with Crippen LogP contribution < -0.4 is 24.8 Å². The third-order valence-corrected chi connectivity index (χ3v) is 9.13. The summed E-state index contributed by atoms with van der Waals surface area (Å²) in [5.41, 5.74) is 1.78. The second-order valence-electron chi connectivity index (χ2n) is 12.6. The lowest BCUT2D eigenvalue weighted by molar-refractivity contribution is -0.141. The Kier molecular flexibility index (Phi) is 9.06. The number of hydrogen-bond donors (Lipinski definition) is 3. The predicted octanol–water partition coefficient (Wildman–Crippen LogP) is 2.13. The molecule has 2 aromatic rings. The van der Waals surface area contributed by atoms with Gasteiger partial charge in [0.25, 0.3) is 0 Å². The average Bonchev–Trinajstić information content (AvgIpc) is 3.72. The van der Waals surface area contributed by atoms with Crippen molar-refractivity contribution >= 4 is 29.7 Å². The summed E-state index contributed by atoms with van der Waals surface area (Å²) in [5, 5.41) is 33.0. The Morgan fingerprint density at radius 3 is 2.68 bits per heavy atom. The summed E-state index contributed by atoms with van der Waals surface area (Å²) < 4.78 is 24.0. The lowest BCUT2D eigenvalue weighted by Gasteiger charge is -2.32. The van der Waals surface area contributed by atoms with E-state index in [1.54, 1.807) is 20.8 Å². The molecule has 0 saturated heterocycles. The van der Waals surface area contributed by atoms with E-state index in [2.05, 4.69) is 4.99 Å². The van der Waals surface area contributed by atoms with Crippen LogP contribution in [0.1, 0.15) is 74.6 Å². The Balaban J connectivity index is 1.61. The summed E-state index contributed by atoms with van der Waals surface area (Å²) in [6.45, 7) is 4.91. The molecule has 0 aromatic heterocycles. The van der Waals surface area contributed by atoms with E-state index >= 15 is 0 Å². The highest BCUT2D eigenvalue weighted by Gasteiger charge is 2.45. The lowest BCUT2D eigenvalue weighted by atomic mass is 9.75. The molecule has 2 aromatic carbocycles. The topological polar surface area (TPSA) is 161 Å². The van der Waals surface area contributed by atoms with E-state index in [0.29, 0.717) is 48.1 Å². The molecule has 0 spiro atoms. The Labute approximate surface area is 271 Å². The quantitative estimate of drug-likeness (QED) is 0.198. The molecule has 2 unspecified atom stereocenters. The second-order valence-corrected chi connectivity index (χ2v) is 12.6. The Morgan fingerprint density at radius 2 is 1.98 bits per heavy atom. The number of ether oxygens (including phenoxy) is 4. The van der Waals surface area contributed by atoms with Gasteiger partial charge >= 0.3 is 5.97 Å². The number of Topliss-reactive ketones (excluding diaryl/α,β-unsaturated/α-hetero) is 1. The first-order chi connectivity index (χ1) is 22.6. The van der Waals surface area contributed by atoms with Crippen molar-refractivity contribution in [3.63, 3.8) is 0 Å². The Bertz CT molecular complexity index is 1830. The average molecular weight is 646 g/mol. The number of aldehydes is 1. The molecule has 11 heteroatoms. The minimum atomic E-state index is -1.27. The van der Waals surface area contributed by atoms with E-state index in [4.69, 9.17) is 18.9 Å². The van der Waals surface area contributed by atoms with Crippen LogP contribution in [0, 0.1) is 0 Å². The van der Waals surface area contributed by atoms with E-state index in [1.165, 1.54) is 0 Å². The molecule has 248 valence electrons. The minimum Gasteiger partial charge on any atom is -0.492 e. The lowest BCUT2D eigenvalue weighted by Crippen LogP contribution is -2.39. The minimum absolute atomic E-state index is 0.0255. The number of aliphatic hydroxyl groups excluding tert-OH is 2. The summed E-state index contributed by atoms with van der Waals surface area (Å²) >= 11 is 0. The van der Waals surface area contributed by atoms with E-state index < -0.39 is 30.2 Å². The number of fused-ring (bicyclic) bond motifs is 3. The molecule has 0 bridgehead atoms. The van der Waals surface area contributed by atoms with Gasteiger partial charge in [-0.15, -0.1) is 0 Å². The summed E-state index contributed by atoms with van der Waals surface area (Å²) in [6, 6.07) is 5.80. The van der Waals surface area contributed by atoms with E-state index in [0.717, 1.165) is 21.7 Å². The number of allylic oxidation sites excluding steroid dienone is 3. The van der Waals surface area contributed by atoms with E-state index in [1.807, 2.05) is 24.3 Å². The number of esters is 1. The molecule has 11 nitrogen and oxygen atoms in total. The van der Waals surface area contributed by atoms with Gasteiger partial charge in [-0.1, -0.05) is 17.7 Å². The first kappa shape index (κ1) is 32.6. The van der Waals surface area contributed by atoms with Crippen LogP contribution in [0.3, 0.4) is 0 Å². The maximum absolute atomic E-state index is 13.4. The predicted molar refractivity (Wildman–Crippen MR) is 169 cm³/mol. The maximum Gasteiger partial charge on any atom is 0.375 e. The number of carbonyl (C=O) groups is 3. The molecule has 2 atom stereocenters. The molecular formula is C36H39NO10.